The number of hydrogen-bond acceptors (Lipinski definition) is 4. The molecule has 100 valence electrons. The molecule has 4 nitrogen and oxygen atoms in total. The van der Waals surface area contributed by atoms with E-state index in [-0.39, 0.29) is 18.1 Å². The van der Waals surface area contributed by atoms with Gasteiger partial charge in [0.15, 0.2) is 11.5 Å². The van der Waals surface area contributed by atoms with Gasteiger partial charge < -0.3 is 14.6 Å². The van der Waals surface area contributed by atoms with Crippen LogP contribution in [0.5, 0.6) is 17.4 Å². The summed E-state index contributed by atoms with van der Waals surface area (Å²) < 4.78 is 24.0. The second-order valence-corrected chi connectivity index (χ2v) is 3.76. The van der Waals surface area contributed by atoms with Crippen LogP contribution in [0, 0.1) is 5.82 Å². The van der Waals surface area contributed by atoms with Crippen molar-refractivity contribution in [2.45, 2.75) is 13.5 Å². The molecular formula is C14H14FNO3. The van der Waals surface area contributed by atoms with Gasteiger partial charge in [-0.3, -0.25) is 0 Å². The standard InChI is InChI=1S/C14H14FNO3/c1-2-18-12-5-3-4-6-13(12)19-14-10(9-17)7-11(15)8-16-14/h3-8,17H,2,9H2,1H3. The number of halogens is 1. The van der Waals surface area contributed by atoms with Crippen LogP contribution in [0.3, 0.4) is 0 Å². The smallest absolute Gasteiger partial charge is 0.225 e. The highest BCUT2D eigenvalue weighted by atomic mass is 19.1. The Morgan fingerprint density at radius 1 is 1.26 bits per heavy atom. The lowest BCUT2D eigenvalue weighted by Gasteiger charge is -2.12. The van der Waals surface area contributed by atoms with Gasteiger partial charge in [-0.25, -0.2) is 9.37 Å². The topological polar surface area (TPSA) is 51.6 Å². The van der Waals surface area contributed by atoms with Crippen molar-refractivity contribution in [2.24, 2.45) is 0 Å². The molecule has 0 bridgehead atoms. The van der Waals surface area contributed by atoms with Crippen molar-refractivity contribution in [3.8, 4) is 17.4 Å². The fourth-order valence-corrected chi connectivity index (χ4v) is 1.59. The van der Waals surface area contributed by atoms with Crippen molar-refractivity contribution in [3.63, 3.8) is 0 Å². The normalized spacial score (nSPS) is 10.3. The van der Waals surface area contributed by atoms with Gasteiger partial charge in [0.1, 0.15) is 5.82 Å². The average molecular weight is 263 g/mol. The summed E-state index contributed by atoms with van der Waals surface area (Å²) in [5, 5.41) is 9.18. The van der Waals surface area contributed by atoms with Crippen molar-refractivity contribution >= 4 is 0 Å². The maximum Gasteiger partial charge on any atom is 0.225 e. The van der Waals surface area contributed by atoms with Crippen molar-refractivity contribution in [1.82, 2.24) is 4.98 Å². The molecule has 1 aromatic carbocycles. The third kappa shape index (κ3) is 3.20. The molecule has 1 N–H and O–H groups in total. The maximum absolute atomic E-state index is 13.0. The van der Waals surface area contributed by atoms with Crippen LogP contribution >= 0.6 is 0 Å². The number of nitrogens with zero attached hydrogens (tertiary/aromatic N) is 1. The molecule has 5 heteroatoms. The van der Waals surface area contributed by atoms with Crippen LogP contribution < -0.4 is 9.47 Å². The van der Waals surface area contributed by atoms with Crippen molar-refractivity contribution in [3.05, 3.63) is 47.9 Å². The molecule has 0 amide bonds. The highest BCUT2D eigenvalue weighted by molar-refractivity contribution is 5.42. The van der Waals surface area contributed by atoms with Gasteiger partial charge in [0, 0.05) is 5.56 Å². The predicted molar refractivity (Wildman–Crippen MR) is 67.8 cm³/mol. The molecule has 0 aliphatic carbocycles. The van der Waals surface area contributed by atoms with Gasteiger partial charge in [0.05, 0.1) is 19.4 Å². The molecule has 1 heterocycles. The Morgan fingerprint density at radius 2 is 2.00 bits per heavy atom. The zero-order valence-corrected chi connectivity index (χ0v) is 10.5. The molecule has 0 spiro atoms. The average Bonchev–Trinajstić information content (AvgIpc) is 2.43. The summed E-state index contributed by atoms with van der Waals surface area (Å²) in [5.74, 6) is 0.684. The van der Waals surface area contributed by atoms with E-state index in [1.807, 2.05) is 13.0 Å². The second-order valence-electron chi connectivity index (χ2n) is 3.76. The number of hydrogen-bond donors (Lipinski definition) is 1. The molecule has 19 heavy (non-hydrogen) atoms. The molecule has 0 aliphatic heterocycles. The third-order valence-electron chi connectivity index (χ3n) is 2.42. The maximum atomic E-state index is 13.0. The molecule has 0 aliphatic rings. The Hall–Kier alpha value is -2.14. The van der Waals surface area contributed by atoms with Gasteiger partial charge in [-0.2, -0.15) is 0 Å². The molecule has 0 saturated carbocycles. The van der Waals surface area contributed by atoms with Crippen LogP contribution in [0.1, 0.15) is 12.5 Å². The van der Waals surface area contributed by atoms with Crippen LogP contribution in [0.4, 0.5) is 4.39 Å². The number of ether oxygens (including phenoxy) is 2. The Kier molecular flexibility index (Phi) is 4.30. The van der Waals surface area contributed by atoms with Gasteiger partial charge in [0.25, 0.3) is 0 Å². The number of benzene rings is 1. The summed E-state index contributed by atoms with van der Waals surface area (Å²) in [6.45, 7) is 2.02. The predicted octanol–water partition coefficient (Wildman–Crippen LogP) is 2.90. The molecule has 2 rings (SSSR count). The molecule has 0 radical (unpaired) electrons. The van der Waals surface area contributed by atoms with Gasteiger partial charge in [-0.15, -0.1) is 0 Å². The third-order valence-corrected chi connectivity index (χ3v) is 2.42. The fraction of sp³-hybridized carbons (Fsp3) is 0.214. The number of aliphatic hydroxyl groups is 1. The van der Waals surface area contributed by atoms with Crippen LogP contribution in [0.2, 0.25) is 0 Å². The van der Waals surface area contributed by atoms with Crippen LogP contribution in [0.25, 0.3) is 0 Å². The lowest BCUT2D eigenvalue weighted by molar-refractivity contribution is 0.272. The molecule has 2 aromatic rings. The fourth-order valence-electron chi connectivity index (χ4n) is 1.59. The highest BCUT2D eigenvalue weighted by Gasteiger charge is 2.10. The Morgan fingerprint density at radius 3 is 2.68 bits per heavy atom. The van der Waals surface area contributed by atoms with Gasteiger partial charge in [0.2, 0.25) is 5.88 Å². The first-order valence-corrected chi connectivity index (χ1v) is 5.89. The first kappa shape index (κ1) is 13.3. The van der Waals surface area contributed by atoms with Crippen molar-refractivity contribution in [1.29, 1.82) is 0 Å². The van der Waals surface area contributed by atoms with Crippen molar-refractivity contribution in [2.75, 3.05) is 6.61 Å². The number of aromatic nitrogens is 1. The zero-order chi connectivity index (χ0) is 13.7. The van der Waals surface area contributed by atoms with E-state index in [0.717, 1.165) is 6.20 Å². The summed E-state index contributed by atoms with van der Waals surface area (Å²) in [6.07, 6.45) is 1.04. The van der Waals surface area contributed by atoms with E-state index in [2.05, 4.69) is 4.98 Å². The Balaban J connectivity index is 2.30. The summed E-state index contributed by atoms with van der Waals surface area (Å²) in [7, 11) is 0. The summed E-state index contributed by atoms with van der Waals surface area (Å²) in [6, 6.07) is 8.28. The van der Waals surface area contributed by atoms with Crippen LogP contribution in [-0.2, 0) is 6.61 Å². The number of rotatable bonds is 5. The Labute approximate surface area is 110 Å². The van der Waals surface area contributed by atoms with E-state index < -0.39 is 5.82 Å². The number of para-hydroxylation sites is 2. The highest BCUT2D eigenvalue weighted by Crippen LogP contribution is 2.31. The minimum absolute atomic E-state index is 0.163. The van der Waals surface area contributed by atoms with E-state index in [1.165, 1.54) is 6.07 Å². The molecule has 0 saturated heterocycles. The second kappa shape index (κ2) is 6.15. The van der Waals surface area contributed by atoms with E-state index in [9.17, 15) is 9.50 Å². The minimum atomic E-state index is -0.519. The minimum Gasteiger partial charge on any atom is -0.490 e. The summed E-state index contributed by atoms with van der Waals surface area (Å²) >= 11 is 0. The van der Waals surface area contributed by atoms with E-state index >= 15 is 0 Å². The molecular weight excluding hydrogens is 249 g/mol. The monoisotopic (exact) mass is 263 g/mol. The van der Waals surface area contributed by atoms with E-state index in [0.29, 0.717) is 18.1 Å². The molecule has 0 unspecified atom stereocenters. The molecule has 0 fully saturated rings. The lowest BCUT2D eigenvalue weighted by Crippen LogP contribution is -1.99. The number of pyridine rings is 1. The SMILES string of the molecule is CCOc1ccccc1Oc1ncc(F)cc1CO. The van der Waals surface area contributed by atoms with E-state index in [4.69, 9.17) is 9.47 Å². The van der Waals surface area contributed by atoms with Gasteiger partial charge >= 0.3 is 0 Å². The first-order valence-electron chi connectivity index (χ1n) is 5.89. The summed E-state index contributed by atoms with van der Waals surface area (Å²) in [4.78, 5) is 3.83. The largest absolute Gasteiger partial charge is 0.490 e. The molecule has 0 atom stereocenters. The summed E-state index contributed by atoms with van der Waals surface area (Å²) in [5.41, 5.74) is 0.284. The first-order chi connectivity index (χ1) is 9.24. The lowest BCUT2D eigenvalue weighted by atomic mass is 10.3. The quantitative estimate of drug-likeness (QED) is 0.901. The van der Waals surface area contributed by atoms with Crippen LogP contribution in [-0.4, -0.2) is 16.7 Å². The van der Waals surface area contributed by atoms with E-state index in [1.54, 1.807) is 18.2 Å². The Bertz CT molecular complexity index is 560. The zero-order valence-electron chi connectivity index (χ0n) is 10.5. The van der Waals surface area contributed by atoms with Crippen molar-refractivity contribution < 1.29 is 19.0 Å². The van der Waals surface area contributed by atoms with Gasteiger partial charge in [-0.1, -0.05) is 12.1 Å². The number of aliphatic hydroxyl groups excluding tert-OH is 1. The van der Waals surface area contributed by atoms with Crippen LogP contribution in [0.15, 0.2) is 36.5 Å². The van der Waals surface area contributed by atoms with Gasteiger partial charge in [-0.05, 0) is 25.1 Å². The molecule has 1 aromatic heterocycles.